The van der Waals surface area contributed by atoms with E-state index in [9.17, 15) is 83.4 Å². The van der Waals surface area contributed by atoms with Gasteiger partial charge in [-0.15, -0.1) is 0 Å². The SMILES string of the molecule is CCCCCCCC1CCC(C2CCC(c3ccc(C(F)(F)C(F)(F)C(F)(F)C(F)(F)C(F)(F)C(F)(F)C(F)(F)C(F)(F)C(F)(F)F)cc3)CC2)CC1. The second-order valence-electron chi connectivity index (χ2n) is 14.3. The van der Waals surface area contributed by atoms with E-state index in [0.717, 1.165) is 44.2 Å². The van der Waals surface area contributed by atoms with Crippen molar-refractivity contribution in [2.24, 2.45) is 17.8 Å². The summed E-state index contributed by atoms with van der Waals surface area (Å²) in [6, 6.07) is 1.54. The normalized spacial score (nSPS) is 23.7. The molecule has 2 fully saturated rings. The van der Waals surface area contributed by atoms with Gasteiger partial charge in [-0.1, -0.05) is 82.6 Å². The fourth-order valence-electron chi connectivity index (χ4n) is 7.42. The zero-order chi connectivity index (χ0) is 40.7. The van der Waals surface area contributed by atoms with Crippen molar-refractivity contribution in [2.45, 2.75) is 156 Å². The van der Waals surface area contributed by atoms with E-state index in [1.165, 1.54) is 32.1 Å². The molecule has 2 aliphatic rings. The maximum absolute atomic E-state index is 14.8. The lowest BCUT2D eigenvalue weighted by Gasteiger charge is -2.43. The number of hydrogen-bond donors (Lipinski definition) is 0. The zero-order valence-electron chi connectivity index (χ0n) is 28.2. The molecule has 0 heterocycles. The Morgan fingerprint density at radius 3 is 1.23 bits per heavy atom. The summed E-state index contributed by atoms with van der Waals surface area (Å²) in [5.74, 6) is -65.5. The van der Waals surface area contributed by atoms with Crippen LogP contribution >= 0.6 is 0 Å². The minimum atomic E-state index is -8.92. The topological polar surface area (TPSA) is 0 Å². The van der Waals surface area contributed by atoms with Crippen LogP contribution in [0.5, 0.6) is 0 Å². The summed E-state index contributed by atoms with van der Waals surface area (Å²) in [6.07, 6.45) is 5.96. The Morgan fingerprint density at radius 2 is 0.811 bits per heavy atom. The number of unbranched alkanes of at least 4 members (excludes halogenated alkanes) is 4. The van der Waals surface area contributed by atoms with Crippen LogP contribution in [0.2, 0.25) is 0 Å². The highest BCUT2D eigenvalue weighted by Gasteiger charge is 2.96. The van der Waals surface area contributed by atoms with Gasteiger partial charge in [0, 0.05) is 5.56 Å². The standard InChI is InChI=1S/C34H39F19/c1-2-3-4-5-6-7-20-8-10-21(11-9-20)22-12-14-23(15-13-22)24-16-18-25(19-17-24)26(35,36)27(37,38)28(39,40)29(41,42)30(43,44)31(45,46)32(47,48)33(49,50)34(51,52)53/h16-23H,2-15H2,1H3. The highest BCUT2D eigenvalue weighted by molar-refractivity contribution is 5.31. The van der Waals surface area contributed by atoms with Gasteiger partial charge in [0.05, 0.1) is 0 Å². The molecule has 0 unspecified atom stereocenters. The first kappa shape index (κ1) is 45.3. The van der Waals surface area contributed by atoms with Gasteiger partial charge in [0.1, 0.15) is 0 Å². The van der Waals surface area contributed by atoms with E-state index in [1.54, 1.807) is 0 Å². The zero-order valence-corrected chi connectivity index (χ0v) is 28.2. The molecule has 0 nitrogen and oxygen atoms in total. The molecule has 0 spiro atoms. The van der Waals surface area contributed by atoms with Gasteiger partial charge in [0.2, 0.25) is 0 Å². The van der Waals surface area contributed by atoms with Crippen LogP contribution in [0.1, 0.15) is 114 Å². The quantitative estimate of drug-likeness (QED) is 0.115. The van der Waals surface area contributed by atoms with Crippen LogP contribution in [0, 0.1) is 17.8 Å². The monoisotopic (exact) mass is 808 g/mol. The lowest BCUT2D eigenvalue weighted by molar-refractivity contribution is -0.469. The molecule has 1 aromatic carbocycles. The van der Waals surface area contributed by atoms with Crippen LogP contribution in [0.4, 0.5) is 83.4 Å². The molecule has 0 aromatic heterocycles. The summed E-state index contributed by atoms with van der Waals surface area (Å²) in [6.45, 7) is 2.14. The molecule has 19 heteroatoms. The van der Waals surface area contributed by atoms with E-state index in [4.69, 9.17) is 0 Å². The van der Waals surface area contributed by atoms with Crippen molar-refractivity contribution in [1.82, 2.24) is 0 Å². The summed E-state index contributed by atoms with van der Waals surface area (Å²) in [4.78, 5) is 0. The van der Waals surface area contributed by atoms with Crippen molar-refractivity contribution < 1.29 is 83.4 Å². The predicted octanol–water partition coefficient (Wildman–Crippen LogP) is 14.2. The van der Waals surface area contributed by atoms with Crippen molar-refractivity contribution in [3.05, 3.63) is 35.4 Å². The summed E-state index contributed by atoms with van der Waals surface area (Å²) in [7, 11) is 0. The van der Waals surface area contributed by atoms with E-state index in [1.807, 2.05) is 0 Å². The van der Waals surface area contributed by atoms with Crippen molar-refractivity contribution >= 4 is 0 Å². The maximum Gasteiger partial charge on any atom is 0.460 e. The molecule has 308 valence electrons. The molecule has 0 saturated heterocycles. The lowest BCUT2D eigenvalue weighted by Crippen LogP contribution is -2.75. The lowest BCUT2D eigenvalue weighted by atomic mass is 9.68. The van der Waals surface area contributed by atoms with Gasteiger partial charge in [0.25, 0.3) is 0 Å². The number of rotatable bonds is 16. The fraction of sp³-hybridized carbons (Fsp3) is 0.824. The van der Waals surface area contributed by atoms with Gasteiger partial charge in [-0.3, -0.25) is 0 Å². The van der Waals surface area contributed by atoms with Gasteiger partial charge in [-0.25, -0.2) is 0 Å². The van der Waals surface area contributed by atoms with Crippen LogP contribution in [-0.2, 0) is 5.92 Å². The van der Waals surface area contributed by atoms with Crippen LogP contribution < -0.4 is 0 Å². The molecule has 2 saturated carbocycles. The third-order valence-corrected chi connectivity index (χ3v) is 10.9. The van der Waals surface area contributed by atoms with Gasteiger partial charge < -0.3 is 0 Å². The molecule has 53 heavy (non-hydrogen) atoms. The highest BCUT2D eigenvalue weighted by Crippen LogP contribution is 2.66. The first-order valence-electron chi connectivity index (χ1n) is 17.2. The second-order valence-corrected chi connectivity index (χ2v) is 14.3. The first-order valence-corrected chi connectivity index (χ1v) is 17.2. The highest BCUT2D eigenvalue weighted by atomic mass is 19.4. The predicted molar refractivity (Wildman–Crippen MR) is 155 cm³/mol. The molecule has 3 rings (SSSR count). The van der Waals surface area contributed by atoms with Gasteiger partial charge in [-0.05, 0) is 67.8 Å². The Bertz CT molecular complexity index is 1320. The number of halogens is 19. The smallest absolute Gasteiger partial charge is 0.194 e. The Morgan fingerprint density at radius 1 is 0.434 bits per heavy atom. The third kappa shape index (κ3) is 7.83. The largest absolute Gasteiger partial charge is 0.460 e. The Hall–Kier alpha value is -2.11. The molecule has 0 bridgehead atoms. The number of hydrogen-bond acceptors (Lipinski definition) is 0. The second kappa shape index (κ2) is 15.4. The van der Waals surface area contributed by atoms with Crippen LogP contribution in [0.25, 0.3) is 0 Å². The van der Waals surface area contributed by atoms with E-state index in [2.05, 4.69) is 6.92 Å². The molecular formula is C34H39F19. The van der Waals surface area contributed by atoms with Crippen LogP contribution in [0.3, 0.4) is 0 Å². The summed E-state index contributed by atoms with van der Waals surface area (Å²) >= 11 is 0. The molecule has 0 amide bonds. The van der Waals surface area contributed by atoms with Gasteiger partial charge in [-0.2, -0.15) is 83.4 Å². The number of benzene rings is 1. The Balaban J connectivity index is 1.72. The molecule has 0 aliphatic heterocycles. The van der Waals surface area contributed by atoms with Crippen molar-refractivity contribution in [1.29, 1.82) is 0 Å². The average molecular weight is 809 g/mol. The van der Waals surface area contributed by atoms with E-state index >= 15 is 0 Å². The van der Waals surface area contributed by atoms with E-state index in [0.29, 0.717) is 43.4 Å². The van der Waals surface area contributed by atoms with E-state index in [-0.39, 0.29) is 23.6 Å². The van der Waals surface area contributed by atoms with Gasteiger partial charge in [0.15, 0.2) is 0 Å². The van der Waals surface area contributed by atoms with Crippen molar-refractivity contribution in [3.63, 3.8) is 0 Å². The molecule has 2 aliphatic carbocycles. The molecule has 0 radical (unpaired) electrons. The molecule has 1 aromatic rings. The third-order valence-electron chi connectivity index (χ3n) is 10.9. The van der Waals surface area contributed by atoms with Gasteiger partial charge >= 0.3 is 53.6 Å². The van der Waals surface area contributed by atoms with E-state index < -0.39 is 59.1 Å². The summed E-state index contributed by atoms with van der Waals surface area (Å²) in [5, 5.41) is 0. The van der Waals surface area contributed by atoms with Crippen LogP contribution in [0.15, 0.2) is 24.3 Å². The van der Waals surface area contributed by atoms with Crippen molar-refractivity contribution in [3.8, 4) is 0 Å². The number of alkyl halides is 19. The first-order chi connectivity index (χ1) is 24.0. The molecule has 0 atom stereocenters. The minimum absolute atomic E-state index is 0.0396. The minimum Gasteiger partial charge on any atom is -0.194 e. The Labute approximate surface area is 293 Å². The fourth-order valence-corrected chi connectivity index (χ4v) is 7.42. The van der Waals surface area contributed by atoms with Crippen molar-refractivity contribution in [2.75, 3.05) is 0 Å². The summed E-state index contributed by atoms with van der Waals surface area (Å²) in [5.41, 5.74) is -2.03. The maximum atomic E-state index is 14.8. The van der Waals surface area contributed by atoms with Crippen LogP contribution in [-0.4, -0.2) is 47.6 Å². The summed E-state index contributed by atoms with van der Waals surface area (Å²) < 4.78 is 261. The average Bonchev–Trinajstić information content (AvgIpc) is 3.07. The molecule has 0 N–H and O–H groups in total. The Kier molecular flexibility index (Phi) is 13.2. The molecular weight excluding hydrogens is 769 g/mol.